The minimum Gasteiger partial charge on any atom is -0.368 e. The van der Waals surface area contributed by atoms with Crippen LogP contribution in [0.5, 0.6) is 0 Å². The molecule has 1 aliphatic heterocycles. The number of rotatable bonds is 4. The molecule has 0 bridgehead atoms. The molecule has 0 radical (unpaired) electrons. The van der Waals surface area contributed by atoms with E-state index in [0.29, 0.717) is 6.42 Å². The Kier molecular flexibility index (Phi) is 4.29. The Bertz CT molecular complexity index is 958. The highest BCUT2D eigenvalue weighted by Gasteiger charge is 2.28. The highest BCUT2D eigenvalue weighted by Crippen LogP contribution is 2.34. The number of fused-ring (bicyclic) bond motifs is 3. The molecule has 134 valence electrons. The Hall–Kier alpha value is -2.59. The standard InChI is InChI=1S/C22H25N3O/c1-15-8-9-19-17(12-15)18-14-24(2)11-10-20(18)25(19)21(22(23)26)13-16-6-4-3-5-7-16/h3-9,12,21H,10-11,13-14H2,1-2H3,(H2,23,26). The quantitative estimate of drug-likeness (QED) is 0.788. The van der Waals surface area contributed by atoms with Gasteiger partial charge in [-0.15, -0.1) is 0 Å². The molecule has 1 unspecified atom stereocenters. The van der Waals surface area contributed by atoms with Crippen LogP contribution in [0.3, 0.4) is 0 Å². The fourth-order valence-corrected chi connectivity index (χ4v) is 4.15. The van der Waals surface area contributed by atoms with Crippen LogP contribution < -0.4 is 5.73 Å². The first kappa shape index (κ1) is 16.9. The molecule has 2 heterocycles. The second kappa shape index (κ2) is 6.61. The fourth-order valence-electron chi connectivity index (χ4n) is 4.15. The first-order valence-corrected chi connectivity index (χ1v) is 9.18. The summed E-state index contributed by atoms with van der Waals surface area (Å²) >= 11 is 0. The van der Waals surface area contributed by atoms with Gasteiger partial charge in [-0.2, -0.15) is 0 Å². The molecule has 1 aromatic heterocycles. The summed E-state index contributed by atoms with van der Waals surface area (Å²) in [6.07, 6.45) is 1.56. The van der Waals surface area contributed by atoms with Crippen LogP contribution in [-0.4, -0.2) is 29.0 Å². The average molecular weight is 347 g/mol. The van der Waals surface area contributed by atoms with Gasteiger partial charge in [-0.1, -0.05) is 42.0 Å². The summed E-state index contributed by atoms with van der Waals surface area (Å²) < 4.78 is 2.21. The molecular formula is C22H25N3O. The van der Waals surface area contributed by atoms with E-state index in [2.05, 4.69) is 53.8 Å². The first-order valence-electron chi connectivity index (χ1n) is 9.18. The van der Waals surface area contributed by atoms with Crippen LogP contribution in [0.1, 0.15) is 28.4 Å². The maximum Gasteiger partial charge on any atom is 0.240 e. The van der Waals surface area contributed by atoms with E-state index in [-0.39, 0.29) is 11.9 Å². The zero-order chi connectivity index (χ0) is 18.3. The second-order valence-electron chi connectivity index (χ2n) is 7.41. The number of amides is 1. The molecule has 1 atom stereocenters. The van der Waals surface area contributed by atoms with Crippen molar-refractivity contribution in [1.82, 2.24) is 9.47 Å². The molecule has 2 N–H and O–H groups in total. The number of hydrogen-bond donors (Lipinski definition) is 1. The number of carbonyl (C=O) groups excluding carboxylic acids is 1. The smallest absolute Gasteiger partial charge is 0.240 e. The molecule has 4 rings (SSSR count). The van der Waals surface area contributed by atoms with Crippen molar-refractivity contribution in [3.63, 3.8) is 0 Å². The third kappa shape index (κ3) is 2.90. The molecule has 26 heavy (non-hydrogen) atoms. The van der Waals surface area contributed by atoms with E-state index in [1.54, 1.807) is 0 Å². The summed E-state index contributed by atoms with van der Waals surface area (Å²) in [5.74, 6) is -0.270. The number of aromatic nitrogens is 1. The number of benzene rings is 2. The van der Waals surface area contributed by atoms with E-state index < -0.39 is 0 Å². The third-order valence-corrected chi connectivity index (χ3v) is 5.45. The van der Waals surface area contributed by atoms with E-state index >= 15 is 0 Å². The van der Waals surface area contributed by atoms with Gasteiger partial charge >= 0.3 is 0 Å². The maximum atomic E-state index is 12.5. The second-order valence-corrected chi connectivity index (χ2v) is 7.41. The number of primary amides is 1. The molecule has 1 aliphatic rings. The minimum atomic E-state index is -0.366. The van der Waals surface area contributed by atoms with Gasteiger partial charge in [0.05, 0.1) is 0 Å². The molecule has 2 aromatic carbocycles. The van der Waals surface area contributed by atoms with Gasteiger partial charge in [-0.3, -0.25) is 4.79 Å². The van der Waals surface area contributed by atoms with Crippen LogP contribution in [0.25, 0.3) is 10.9 Å². The largest absolute Gasteiger partial charge is 0.368 e. The van der Waals surface area contributed by atoms with Crippen LogP contribution in [0.2, 0.25) is 0 Å². The molecule has 3 aromatic rings. The SMILES string of the molecule is Cc1ccc2c(c1)c1c(n2C(Cc2ccccc2)C(N)=O)CCN(C)C1. The molecule has 0 fully saturated rings. The summed E-state index contributed by atoms with van der Waals surface area (Å²) in [6, 6.07) is 16.3. The van der Waals surface area contributed by atoms with Crippen molar-refractivity contribution in [1.29, 1.82) is 0 Å². The zero-order valence-electron chi connectivity index (χ0n) is 15.4. The Morgan fingerprint density at radius 1 is 1.19 bits per heavy atom. The topological polar surface area (TPSA) is 51.3 Å². The monoisotopic (exact) mass is 347 g/mol. The Balaban J connectivity index is 1.90. The van der Waals surface area contributed by atoms with Gasteiger partial charge in [0.25, 0.3) is 0 Å². The lowest BCUT2D eigenvalue weighted by molar-refractivity contribution is -0.121. The number of carbonyl (C=O) groups is 1. The van der Waals surface area contributed by atoms with Gasteiger partial charge in [0.2, 0.25) is 5.91 Å². The van der Waals surface area contributed by atoms with Crippen LogP contribution >= 0.6 is 0 Å². The van der Waals surface area contributed by atoms with Crippen LogP contribution in [0.4, 0.5) is 0 Å². The Labute approximate surface area is 154 Å². The lowest BCUT2D eigenvalue weighted by atomic mass is 10.0. The number of likely N-dealkylation sites (N-methyl/N-ethyl adjacent to an activating group) is 1. The summed E-state index contributed by atoms with van der Waals surface area (Å²) in [4.78, 5) is 14.8. The van der Waals surface area contributed by atoms with Crippen LogP contribution in [0.15, 0.2) is 48.5 Å². The van der Waals surface area contributed by atoms with Gasteiger partial charge in [0.1, 0.15) is 6.04 Å². The summed E-state index contributed by atoms with van der Waals surface area (Å²) in [7, 11) is 2.15. The van der Waals surface area contributed by atoms with Gasteiger partial charge in [0.15, 0.2) is 0 Å². The zero-order valence-corrected chi connectivity index (χ0v) is 15.4. The van der Waals surface area contributed by atoms with E-state index in [9.17, 15) is 4.79 Å². The maximum absolute atomic E-state index is 12.5. The molecule has 0 spiro atoms. The first-order chi connectivity index (χ1) is 12.5. The van der Waals surface area contributed by atoms with E-state index in [1.807, 2.05) is 18.2 Å². The van der Waals surface area contributed by atoms with Gasteiger partial charge in [0, 0.05) is 42.5 Å². The lowest BCUT2D eigenvalue weighted by Gasteiger charge is -2.26. The number of hydrogen-bond acceptors (Lipinski definition) is 2. The van der Waals surface area contributed by atoms with Crippen molar-refractivity contribution >= 4 is 16.8 Å². The predicted molar refractivity (Wildman–Crippen MR) is 105 cm³/mol. The highest BCUT2D eigenvalue weighted by atomic mass is 16.1. The average Bonchev–Trinajstić information content (AvgIpc) is 2.93. The van der Waals surface area contributed by atoms with Gasteiger partial charge in [-0.25, -0.2) is 0 Å². The number of aryl methyl sites for hydroxylation is 1. The third-order valence-electron chi connectivity index (χ3n) is 5.45. The van der Waals surface area contributed by atoms with Crippen LogP contribution in [-0.2, 0) is 24.2 Å². The van der Waals surface area contributed by atoms with E-state index in [1.165, 1.54) is 22.2 Å². The van der Waals surface area contributed by atoms with E-state index in [4.69, 9.17) is 5.73 Å². The summed E-state index contributed by atoms with van der Waals surface area (Å²) in [6.45, 7) is 4.03. The van der Waals surface area contributed by atoms with Crippen molar-refractivity contribution in [2.24, 2.45) is 5.73 Å². The summed E-state index contributed by atoms with van der Waals surface area (Å²) in [5.41, 5.74) is 12.0. The molecular weight excluding hydrogens is 322 g/mol. The van der Waals surface area contributed by atoms with Crippen molar-refractivity contribution < 1.29 is 4.79 Å². The predicted octanol–water partition coefficient (Wildman–Crippen LogP) is 3.21. The normalized spacial score (nSPS) is 15.8. The molecule has 4 heteroatoms. The molecule has 4 nitrogen and oxygen atoms in total. The fraction of sp³-hybridized carbons (Fsp3) is 0.318. The molecule has 0 aliphatic carbocycles. The van der Waals surface area contributed by atoms with Crippen molar-refractivity contribution in [3.8, 4) is 0 Å². The Morgan fingerprint density at radius 2 is 1.96 bits per heavy atom. The van der Waals surface area contributed by atoms with Crippen molar-refractivity contribution in [2.75, 3.05) is 13.6 Å². The highest BCUT2D eigenvalue weighted by molar-refractivity contribution is 5.89. The minimum absolute atomic E-state index is 0.270. The molecule has 0 saturated carbocycles. The van der Waals surface area contributed by atoms with E-state index in [0.717, 1.165) is 30.6 Å². The van der Waals surface area contributed by atoms with Gasteiger partial charge < -0.3 is 15.2 Å². The van der Waals surface area contributed by atoms with Crippen molar-refractivity contribution in [2.45, 2.75) is 32.4 Å². The van der Waals surface area contributed by atoms with Crippen LogP contribution in [0, 0.1) is 6.92 Å². The van der Waals surface area contributed by atoms with Gasteiger partial charge in [-0.05, 0) is 37.2 Å². The number of nitrogens with zero attached hydrogens (tertiary/aromatic N) is 2. The summed E-state index contributed by atoms with van der Waals surface area (Å²) in [5, 5.41) is 1.26. The number of nitrogens with two attached hydrogens (primary N) is 1. The molecule has 0 saturated heterocycles. The Morgan fingerprint density at radius 3 is 2.69 bits per heavy atom. The molecule has 1 amide bonds. The lowest BCUT2D eigenvalue weighted by Crippen LogP contribution is -2.32. The van der Waals surface area contributed by atoms with Crippen molar-refractivity contribution in [3.05, 3.63) is 70.9 Å².